The fraction of sp³-hybridized carbons (Fsp3) is 0.111. The Labute approximate surface area is 149 Å². The number of amides is 2. The van der Waals surface area contributed by atoms with Crippen molar-refractivity contribution < 1.29 is 18.3 Å². The third-order valence-corrected chi connectivity index (χ3v) is 3.45. The second kappa shape index (κ2) is 8.61. The van der Waals surface area contributed by atoms with E-state index >= 15 is 0 Å². The van der Waals surface area contributed by atoms with Gasteiger partial charge in [0, 0.05) is 36.3 Å². The third-order valence-electron chi connectivity index (χ3n) is 3.45. The molecule has 0 atom stereocenters. The van der Waals surface area contributed by atoms with Crippen LogP contribution in [-0.4, -0.2) is 26.4 Å². The molecule has 26 heavy (non-hydrogen) atoms. The zero-order valence-corrected chi connectivity index (χ0v) is 14.2. The number of benzene rings is 2. The molecule has 0 spiro atoms. The van der Waals surface area contributed by atoms with Crippen molar-refractivity contribution in [3.05, 3.63) is 59.7 Å². The van der Waals surface area contributed by atoms with Crippen LogP contribution in [0.2, 0.25) is 0 Å². The van der Waals surface area contributed by atoms with Crippen LogP contribution in [0.4, 0.5) is 25.0 Å². The highest BCUT2D eigenvalue weighted by molar-refractivity contribution is 6.00. The van der Waals surface area contributed by atoms with Gasteiger partial charge in [-0.25, -0.2) is 13.6 Å². The predicted octanol–water partition coefficient (Wildman–Crippen LogP) is 3.83. The van der Waals surface area contributed by atoms with E-state index in [1.807, 2.05) is 0 Å². The van der Waals surface area contributed by atoms with Gasteiger partial charge < -0.3 is 26.1 Å². The van der Waals surface area contributed by atoms with Gasteiger partial charge in [0.05, 0.1) is 12.8 Å². The van der Waals surface area contributed by atoms with Crippen LogP contribution in [0.3, 0.4) is 0 Å². The molecule has 2 aromatic carbocycles. The van der Waals surface area contributed by atoms with Crippen molar-refractivity contribution in [3.8, 4) is 5.75 Å². The Morgan fingerprint density at radius 3 is 2.54 bits per heavy atom. The molecule has 0 aliphatic heterocycles. The minimum Gasteiger partial charge on any atom is -0.496 e. The molecule has 0 saturated heterocycles. The second-order valence-electron chi connectivity index (χ2n) is 5.12. The molecule has 0 radical (unpaired) electrons. The van der Waals surface area contributed by atoms with E-state index in [1.54, 1.807) is 25.2 Å². The topological polar surface area (TPSA) is 86.2 Å². The standard InChI is InChI=1S/C18H18F2N4O2/c1-22-15(7-8-21)13-10-12(4-6-17(13)26-2)23-18(25)24-16-5-3-11(19)9-14(16)20/h3-10,21-22H,1-2H3,(H2,23,24,25)/b15-7-,21-8?. The van der Waals surface area contributed by atoms with Crippen LogP contribution in [0, 0.1) is 17.0 Å². The Kier molecular flexibility index (Phi) is 6.26. The lowest BCUT2D eigenvalue weighted by Gasteiger charge is -2.14. The Morgan fingerprint density at radius 2 is 1.92 bits per heavy atom. The van der Waals surface area contributed by atoms with Crippen molar-refractivity contribution in [1.82, 2.24) is 5.32 Å². The van der Waals surface area contributed by atoms with E-state index in [0.29, 0.717) is 28.8 Å². The summed E-state index contributed by atoms with van der Waals surface area (Å²) in [6, 6.07) is 7.09. The number of rotatable bonds is 6. The molecule has 2 amide bonds. The summed E-state index contributed by atoms with van der Waals surface area (Å²) in [4.78, 5) is 12.1. The van der Waals surface area contributed by atoms with Crippen molar-refractivity contribution in [3.63, 3.8) is 0 Å². The molecule has 0 aromatic heterocycles. The molecule has 0 bridgehead atoms. The van der Waals surface area contributed by atoms with Crippen molar-refractivity contribution in [2.75, 3.05) is 24.8 Å². The smallest absolute Gasteiger partial charge is 0.323 e. The van der Waals surface area contributed by atoms with Gasteiger partial charge in [-0.15, -0.1) is 0 Å². The minimum atomic E-state index is -0.873. The summed E-state index contributed by atoms with van der Waals surface area (Å²) >= 11 is 0. The minimum absolute atomic E-state index is 0.141. The highest BCUT2D eigenvalue weighted by Gasteiger charge is 2.12. The van der Waals surface area contributed by atoms with Gasteiger partial charge >= 0.3 is 6.03 Å². The van der Waals surface area contributed by atoms with Crippen LogP contribution in [0.25, 0.3) is 5.70 Å². The lowest BCUT2D eigenvalue weighted by molar-refractivity contribution is 0.262. The largest absolute Gasteiger partial charge is 0.496 e. The molecule has 0 fully saturated rings. The summed E-state index contributed by atoms with van der Waals surface area (Å²) in [7, 11) is 3.20. The van der Waals surface area contributed by atoms with E-state index in [4.69, 9.17) is 10.1 Å². The number of hydrogen-bond acceptors (Lipinski definition) is 4. The number of anilines is 2. The van der Waals surface area contributed by atoms with Crippen molar-refractivity contribution in [1.29, 1.82) is 5.41 Å². The monoisotopic (exact) mass is 360 g/mol. The maximum Gasteiger partial charge on any atom is 0.323 e. The molecular formula is C18H18F2N4O2. The van der Waals surface area contributed by atoms with Crippen LogP contribution >= 0.6 is 0 Å². The average Bonchev–Trinajstić information content (AvgIpc) is 2.62. The molecule has 0 aliphatic carbocycles. The predicted molar refractivity (Wildman–Crippen MR) is 97.8 cm³/mol. The Hall–Kier alpha value is -3.42. The van der Waals surface area contributed by atoms with E-state index < -0.39 is 17.7 Å². The molecule has 6 nitrogen and oxygen atoms in total. The normalized spacial score (nSPS) is 10.8. The maximum absolute atomic E-state index is 13.6. The molecule has 0 heterocycles. The summed E-state index contributed by atoms with van der Waals surface area (Å²) in [6.07, 6.45) is 2.66. The number of halogens is 2. The Balaban J connectivity index is 2.22. The van der Waals surface area contributed by atoms with E-state index in [-0.39, 0.29) is 5.69 Å². The fourth-order valence-electron chi connectivity index (χ4n) is 2.26. The summed E-state index contributed by atoms with van der Waals surface area (Å²) in [5.41, 5.74) is 1.53. The number of allylic oxidation sites excluding steroid dienone is 1. The van der Waals surface area contributed by atoms with E-state index in [9.17, 15) is 13.6 Å². The molecule has 0 aliphatic rings. The van der Waals surface area contributed by atoms with Gasteiger partial charge in [0.15, 0.2) is 0 Å². The number of ether oxygens (including phenoxy) is 1. The molecule has 8 heteroatoms. The van der Waals surface area contributed by atoms with Crippen molar-refractivity contribution in [2.45, 2.75) is 0 Å². The van der Waals surface area contributed by atoms with Crippen LogP contribution in [0.1, 0.15) is 5.56 Å². The van der Waals surface area contributed by atoms with Gasteiger partial charge in [-0.05, 0) is 36.4 Å². The average molecular weight is 360 g/mol. The summed E-state index contributed by atoms with van der Waals surface area (Å²) in [5.74, 6) is -1.06. The molecule has 2 rings (SSSR count). The quantitative estimate of drug-likeness (QED) is 0.591. The van der Waals surface area contributed by atoms with Crippen molar-refractivity contribution >= 4 is 29.3 Å². The highest BCUT2D eigenvalue weighted by atomic mass is 19.1. The van der Waals surface area contributed by atoms with E-state index in [2.05, 4.69) is 16.0 Å². The lowest BCUT2D eigenvalue weighted by atomic mass is 10.1. The molecule has 0 unspecified atom stereocenters. The van der Waals surface area contributed by atoms with Gasteiger partial charge in [0.2, 0.25) is 0 Å². The van der Waals surface area contributed by atoms with Crippen LogP contribution in [0.5, 0.6) is 5.75 Å². The summed E-state index contributed by atoms with van der Waals surface area (Å²) in [6.45, 7) is 0. The molecule has 4 N–H and O–H groups in total. The number of urea groups is 1. The third kappa shape index (κ3) is 4.56. The number of hydrogen-bond donors (Lipinski definition) is 4. The molecule has 2 aromatic rings. The SMILES string of the molecule is CN/C(=C\C=N)c1cc(NC(=O)Nc2ccc(F)cc2F)ccc1OC. The van der Waals surface area contributed by atoms with E-state index in [1.165, 1.54) is 13.2 Å². The summed E-state index contributed by atoms with van der Waals surface area (Å²) < 4.78 is 31.8. The van der Waals surface area contributed by atoms with Crippen LogP contribution < -0.4 is 20.7 Å². The van der Waals surface area contributed by atoms with Crippen LogP contribution in [-0.2, 0) is 0 Å². The summed E-state index contributed by atoms with van der Waals surface area (Å²) in [5, 5.41) is 15.0. The van der Waals surface area contributed by atoms with Gasteiger partial charge in [-0.1, -0.05) is 0 Å². The zero-order chi connectivity index (χ0) is 19.1. The second-order valence-corrected chi connectivity index (χ2v) is 5.12. The number of methoxy groups -OCH3 is 1. The first-order chi connectivity index (χ1) is 12.5. The number of nitrogens with one attached hydrogen (secondary N) is 4. The highest BCUT2D eigenvalue weighted by Crippen LogP contribution is 2.28. The van der Waals surface area contributed by atoms with E-state index in [0.717, 1.165) is 18.3 Å². The lowest BCUT2D eigenvalue weighted by Crippen LogP contribution is -2.20. The number of carbonyl (C=O) groups excluding carboxylic acids is 1. The first-order valence-electron chi connectivity index (χ1n) is 7.58. The van der Waals surface area contributed by atoms with Crippen LogP contribution in [0.15, 0.2) is 42.5 Å². The molecule has 136 valence electrons. The fourth-order valence-corrected chi connectivity index (χ4v) is 2.26. The molecular weight excluding hydrogens is 342 g/mol. The van der Waals surface area contributed by atoms with Gasteiger partial charge in [-0.2, -0.15) is 0 Å². The van der Waals surface area contributed by atoms with Gasteiger partial charge in [-0.3, -0.25) is 0 Å². The van der Waals surface area contributed by atoms with Gasteiger partial charge in [0.25, 0.3) is 0 Å². The molecule has 0 saturated carbocycles. The van der Waals surface area contributed by atoms with Crippen molar-refractivity contribution in [2.24, 2.45) is 0 Å². The van der Waals surface area contributed by atoms with Gasteiger partial charge in [0.1, 0.15) is 17.4 Å². The number of carbonyl (C=O) groups is 1. The first kappa shape index (κ1) is 18.9. The first-order valence-corrected chi connectivity index (χ1v) is 7.58. The zero-order valence-electron chi connectivity index (χ0n) is 14.2. The Bertz CT molecular complexity index is 853. The Morgan fingerprint density at radius 1 is 1.15 bits per heavy atom. The maximum atomic E-state index is 13.6.